The molecule has 0 bridgehead atoms. The minimum atomic E-state index is -0.959. The summed E-state index contributed by atoms with van der Waals surface area (Å²) in [5, 5.41) is 32.8. The Morgan fingerprint density at radius 1 is 1.02 bits per heavy atom. The Kier molecular flexibility index (Phi) is 11.1. The zero-order valence-corrected chi connectivity index (χ0v) is 23.5. The average Bonchev–Trinajstić information content (AvgIpc) is 3.20. The first-order chi connectivity index (χ1) is 19.2. The molecule has 0 aliphatic carbocycles. The molecule has 1 aliphatic rings. The third-order valence-electron chi connectivity index (χ3n) is 7.00. The number of rotatable bonds is 15. The van der Waals surface area contributed by atoms with Crippen LogP contribution in [0.25, 0.3) is 5.76 Å². The van der Waals surface area contributed by atoms with Gasteiger partial charge in [-0.3, -0.25) is 19.7 Å². The molecule has 2 aromatic carbocycles. The molecule has 0 saturated carbocycles. The standard InChI is InChI=1S/C30H39N3O7/c1-4-7-15-31(16-8-5-2)17-10-18-32-27(21-13-14-24(34)25(20-21)40-6-3)26(29(36)30(32)37)28(35)22-11-9-12-23(19-22)33(38)39/h9,11-14,19-20,27,34-35H,4-8,10,15-18H2,1-3H3/t27-/m1/s1. The van der Waals surface area contributed by atoms with Crippen molar-refractivity contribution in [3.05, 3.63) is 69.3 Å². The molecule has 216 valence electrons. The lowest BCUT2D eigenvalue weighted by Crippen LogP contribution is -2.34. The van der Waals surface area contributed by atoms with E-state index < -0.39 is 28.4 Å². The van der Waals surface area contributed by atoms with E-state index in [1.165, 1.54) is 35.2 Å². The number of nitrogens with zero attached hydrogens (tertiary/aromatic N) is 3. The first-order valence-corrected chi connectivity index (χ1v) is 13.9. The van der Waals surface area contributed by atoms with E-state index >= 15 is 0 Å². The van der Waals surface area contributed by atoms with E-state index in [0.717, 1.165) is 45.3 Å². The summed E-state index contributed by atoms with van der Waals surface area (Å²) in [5.41, 5.74) is 0.123. The molecule has 1 saturated heterocycles. The second kappa shape index (κ2) is 14.5. The van der Waals surface area contributed by atoms with E-state index in [1.807, 2.05) is 0 Å². The highest BCUT2D eigenvalue weighted by Crippen LogP contribution is 2.42. The smallest absolute Gasteiger partial charge is 0.295 e. The van der Waals surface area contributed by atoms with Crippen LogP contribution < -0.4 is 4.74 Å². The number of ketones is 1. The Hall–Kier alpha value is -3.92. The molecule has 2 aromatic rings. The molecule has 0 aromatic heterocycles. The number of amides is 1. The number of phenols is 1. The molecule has 1 heterocycles. The lowest BCUT2D eigenvalue weighted by molar-refractivity contribution is -0.384. The Labute approximate surface area is 235 Å². The van der Waals surface area contributed by atoms with Crippen LogP contribution in [0.3, 0.4) is 0 Å². The molecule has 3 rings (SSSR count). The summed E-state index contributed by atoms with van der Waals surface area (Å²) in [4.78, 5) is 41.2. The van der Waals surface area contributed by atoms with Crippen molar-refractivity contribution in [1.82, 2.24) is 9.80 Å². The van der Waals surface area contributed by atoms with E-state index in [1.54, 1.807) is 19.1 Å². The van der Waals surface area contributed by atoms with Crippen molar-refractivity contribution >= 4 is 23.1 Å². The Morgan fingerprint density at radius 2 is 1.70 bits per heavy atom. The normalized spacial score (nSPS) is 16.6. The third-order valence-corrected chi connectivity index (χ3v) is 7.00. The van der Waals surface area contributed by atoms with Crippen LogP contribution in [-0.2, 0) is 9.59 Å². The predicted octanol–water partition coefficient (Wildman–Crippen LogP) is 5.41. The molecule has 0 spiro atoms. The van der Waals surface area contributed by atoms with Gasteiger partial charge in [0.1, 0.15) is 5.76 Å². The molecule has 0 radical (unpaired) electrons. The van der Waals surface area contributed by atoms with Crippen LogP contribution >= 0.6 is 0 Å². The van der Waals surface area contributed by atoms with Gasteiger partial charge in [0.05, 0.1) is 23.1 Å². The molecule has 10 nitrogen and oxygen atoms in total. The number of ether oxygens (including phenoxy) is 1. The number of aliphatic hydroxyl groups is 1. The summed E-state index contributed by atoms with van der Waals surface area (Å²) in [6.45, 7) is 9.28. The number of nitro groups is 1. The van der Waals surface area contributed by atoms with Gasteiger partial charge in [0, 0.05) is 24.2 Å². The summed E-state index contributed by atoms with van der Waals surface area (Å²) in [7, 11) is 0. The fourth-order valence-corrected chi connectivity index (χ4v) is 4.91. The zero-order chi connectivity index (χ0) is 29.2. The van der Waals surface area contributed by atoms with Crippen LogP contribution in [0.2, 0.25) is 0 Å². The third kappa shape index (κ3) is 7.18. The van der Waals surface area contributed by atoms with Crippen molar-refractivity contribution in [2.45, 2.75) is 58.9 Å². The summed E-state index contributed by atoms with van der Waals surface area (Å²) >= 11 is 0. The van der Waals surface area contributed by atoms with Crippen molar-refractivity contribution in [3.63, 3.8) is 0 Å². The lowest BCUT2D eigenvalue weighted by Gasteiger charge is -2.28. The van der Waals surface area contributed by atoms with Crippen molar-refractivity contribution in [1.29, 1.82) is 0 Å². The molecule has 1 aliphatic heterocycles. The van der Waals surface area contributed by atoms with E-state index in [9.17, 15) is 29.9 Å². The first kappa shape index (κ1) is 30.6. The van der Waals surface area contributed by atoms with Crippen LogP contribution in [0, 0.1) is 10.1 Å². The van der Waals surface area contributed by atoms with Crippen molar-refractivity contribution in [3.8, 4) is 11.5 Å². The number of aliphatic hydroxyl groups excluding tert-OH is 1. The number of phenolic OH excluding ortho intramolecular Hbond substituents is 1. The number of non-ortho nitro benzene ring substituents is 1. The number of carbonyl (C=O) groups is 2. The SMILES string of the molecule is CCCCN(CCCC)CCCN1C(=O)C(=O)C(=C(O)c2cccc([N+](=O)[O-])c2)[C@H]1c1ccc(O)c(OCC)c1. The van der Waals surface area contributed by atoms with E-state index in [-0.39, 0.29) is 41.5 Å². The van der Waals surface area contributed by atoms with Gasteiger partial charge >= 0.3 is 0 Å². The van der Waals surface area contributed by atoms with Gasteiger partial charge in [-0.1, -0.05) is 44.9 Å². The van der Waals surface area contributed by atoms with E-state index in [4.69, 9.17) is 4.74 Å². The topological polar surface area (TPSA) is 133 Å². The second-order valence-electron chi connectivity index (χ2n) is 9.86. The molecule has 40 heavy (non-hydrogen) atoms. The van der Waals surface area contributed by atoms with Gasteiger partial charge in [-0.25, -0.2) is 0 Å². The molecular formula is C30H39N3O7. The summed E-state index contributed by atoms with van der Waals surface area (Å²) < 4.78 is 5.54. The fourth-order valence-electron chi connectivity index (χ4n) is 4.91. The van der Waals surface area contributed by atoms with Gasteiger partial charge in [0.15, 0.2) is 11.5 Å². The van der Waals surface area contributed by atoms with Crippen LogP contribution in [0.5, 0.6) is 11.5 Å². The highest BCUT2D eigenvalue weighted by atomic mass is 16.6. The van der Waals surface area contributed by atoms with Gasteiger partial charge in [-0.05, 0) is 63.5 Å². The van der Waals surface area contributed by atoms with Gasteiger partial charge in [-0.15, -0.1) is 0 Å². The molecule has 2 N–H and O–H groups in total. The predicted molar refractivity (Wildman–Crippen MR) is 152 cm³/mol. The number of likely N-dealkylation sites (tertiary alicyclic amines) is 1. The Bertz CT molecular complexity index is 1240. The summed E-state index contributed by atoms with van der Waals surface area (Å²) in [6.07, 6.45) is 4.93. The molecule has 1 fully saturated rings. The number of Topliss-reactive ketones (excluding diaryl/α,β-unsaturated/α-hetero) is 1. The maximum absolute atomic E-state index is 13.4. The number of hydrogen-bond donors (Lipinski definition) is 2. The van der Waals surface area contributed by atoms with E-state index in [2.05, 4.69) is 18.7 Å². The maximum Gasteiger partial charge on any atom is 0.295 e. The number of nitro benzene ring substituents is 1. The van der Waals surface area contributed by atoms with Crippen LogP contribution in [0.1, 0.15) is 70.0 Å². The summed E-state index contributed by atoms with van der Waals surface area (Å²) in [5.74, 6) is -2.02. The molecular weight excluding hydrogens is 514 g/mol. The van der Waals surface area contributed by atoms with Crippen molar-refractivity contribution in [2.24, 2.45) is 0 Å². The first-order valence-electron chi connectivity index (χ1n) is 13.9. The fraction of sp³-hybridized carbons (Fsp3) is 0.467. The average molecular weight is 554 g/mol. The number of aromatic hydroxyl groups is 1. The van der Waals surface area contributed by atoms with Gasteiger partial charge in [0.25, 0.3) is 17.4 Å². The summed E-state index contributed by atoms with van der Waals surface area (Å²) in [6, 6.07) is 8.91. The van der Waals surface area contributed by atoms with Gasteiger partial charge < -0.3 is 24.7 Å². The lowest BCUT2D eigenvalue weighted by atomic mass is 9.94. The largest absolute Gasteiger partial charge is 0.507 e. The highest BCUT2D eigenvalue weighted by molar-refractivity contribution is 6.46. The van der Waals surface area contributed by atoms with Crippen LogP contribution in [0.15, 0.2) is 48.0 Å². The Balaban J connectivity index is 2.02. The van der Waals surface area contributed by atoms with Crippen molar-refractivity contribution < 1.29 is 29.5 Å². The molecule has 10 heteroatoms. The Morgan fingerprint density at radius 3 is 2.33 bits per heavy atom. The minimum Gasteiger partial charge on any atom is -0.507 e. The molecule has 1 atom stereocenters. The zero-order valence-electron chi connectivity index (χ0n) is 23.5. The quantitative estimate of drug-likeness (QED) is 0.0983. The second-order valence-corrected chi connectivity index (χ2v) is 9.86. The molecule has 0 unspecified atom stereocenters. The van der Waals surface area contributed by atoms with Crippen LogP contribution in [0.4, 0.5) is 5.69 Å². The van der Waals surface area contributed by atoms with E-state index in [0.29, 0.717) is 12.0 Å². The van der Waals surface area contributed by atoms with Gasteiger partial charge in [-0.2, -0.15) is 0 Å². The van der Waals surface area contributed by atoms with Gasteiger partial charge in [0.2, 0.25) is 0 Å². The van der Waals surface area contributed by atoms with Crippen molar-refractivity contribution in [2.75, 3.05) is 32.8 Å². The highest BCUT2D eigenvalue weighted by Gasteiger charge is 2.46. The number of benzene rings is 2. The molecule has 1 amide bonds. The maximum atomic E-state index is 13.4. The number of unbranched alkanes of at least 4 members (excludes halogenated alkanes) is 2. The minimum absolute atomic E-state index is 0.0614. The van der Waals surface area contributed by atoms with Crippen LogP contribution in [-0.4, -0.2) is 69.4 Å². The number of hydrogen-bond acceptors (Lipinski definition) is 8. The monoisotopic (exact) mass is 553 g/mol. The number of carbonyl (C=O) groups excluding carboxylic acids is 2.